The van der Waals surface area contributed by atoms with Crippen molar-refractivity contribution in [1.29, 1.82) is 0 Å². The molecule has 0 aliphatic heterocycles. The highest BCUT2D eigenvalue weighted by molar-refractivity contribution is 5.97. The van der Waals surface area contributed by atoms with Gasteiger partial charge in [-0.1, -0.05) is 109 Å². The van der Waals surface area contributed by atoms with Crippen LogP contribution in [0.25, 0.3) is 56.1 Å². The van der Waals surface area contributed by atoms with Gasteiger partial charge in [0.2, 0.25) is 0 Å². The van der Waals surface area contributed by atoms with E-state index in [-0.39, 0.29) is 5.75 Å². The van der Waals surface area contributed by atoms with E-state index in [4.69, 9.17) is 15.0 Å². The summed E-state index contributed by atoms with van der Waals surface area (Å²) in [7, 11) is 0. The monoisotopic (exact) mass is 451 g/mol. The number of benzene rings is 5. The molecule has 5 aromatic carbocycles. The predicted octanol–water partition coefficient (Wildman–Crippen LogP) is 7.40. The van der Waals surface area contributed by atoms with Crippen molar-refractivity contribution in [3.05, 3.63) is 121 Å². The van der Waals surface area contributed by atoms with E-state index in [9.17, 15) is 5.11 Å². The number of rotatable bonds is 4. The van der Waals surface area contributed by atoms with Crippen LogP contribution in [-0.2, 0) is 0 Å². The number of hydrogen-bond acceptors (Lipinski definition) is 4. The fourth-order valence-corrected chi connectivity index (χ4v) is 4.26. The van der Waals surface area contributed by atoms with Crippen LogP contribution in [0.2, 0.25) is 0 Å². The van der Waals surface area contributed by atoms with E-state index in [1.807, 2.05) is 91.0 Å². The van der Waals surface area contributed by atoms with Crippen LogP contribution in [0, 0.1) is 0 Å². The molecule has 1 heterocycles. The minimum Gasteiger partial charge on any atom is -0.508 e. The summed E-state index contributed by atoms with van der Waals surface area (Å²) in [5.74, 6) is 2.19. The SMILES string of the molecule is Oc1ccc2c(-c3ccc(-c4nc(-c5ccccc5)nc(-c5ccccc5)n4)cc3)cccc2c1. The Hall–Kier alpha value is -4.83. The Morgan fingerprint density at radius 2 is 0.943 bits per heavy atom. The van der Waals surface area contributed by atoms with Crippen LogP contribution in [0.1, 0.15) is 0 Å². The molecule has 0 amide bonds. The van der Waals surface area contributed by atoms with Crippen LogP contribution in [0.5, 0.6) is 5.75 Å². The van der Waals surface area contributed by atoms with Gasteiger partial charge in [-0.15, -0.1) is 0 Å². The number of phenolic OH excluding ortho intramolecular Hbond substituents is 1. The van der Waals surface area contributed by atoms with Gasteiger partial charge >= 0.3 is 0 Å². The lowest BCUT2D eigenvalue weighted by Crippen LogP contribution is -2.00. The molecule has 0 saturated heterocycles. The zero-order valence-electron chi connectivity index (χ0n) is 18.8. The number of hydrogen-bond donors (Lipinski definition) is 1. The van der Waals surface area contributed by atoms with Crippen molar-refractivity contribution in [3.8, 4) is 51.0 Å². The molecule has 0 spiro atoms. The number of aromatic hydroxyl groups is 1. The predicted molar refractivity (Wildman–Crippen MR) is 141 cm³/mol. The van der Waals surface area contributed by atoms with Crippen molar-refractivity contribution in [2.75, 3.05) is 0 Å². The highest BCUT2D eigenvalue weighted by Crippen LogP contribution is 2.32. The fourth-order valence-electron chi connectivity index (χ4n) is 4.26. The van der Waals surface area contributed by atoms with E-state index in [0.717, 1.165) is 38.6 Å². The standard InChI is InChI=1S/C31H21N3O/c35-26-18-19-28-25(20-26)12-7-13-27(28)21-14-16-24(17-15-21)31-33-29(22-8-3-1-4-9-22)32-30(34-31)23-10-5-2-6-11-23/h1-20,35H. The van der Waals surface area contributed by atoms with Gasteiger partial charge in [0.15, 0.2) is 17.5 Å². The molecule has 0 fully saturated rings. The molecule has 4 nitrogen and oxygen atoms in total. The minimum atomic E-state index is 0.267. The van der Waals surface area contributed by atoms with Crippen LogP contribution in [-0.4, -0.2) is 20.1 Å². The summed E-state index contributed by atoms with van der Waals surface area (Å²) in [6.45, 7) is 0. The Labute approximate surface area is 203 Å². The minimum absolute atomic E-state index is 0.267. The Morgan fingerprint density at radius 1 is 0.429 bits per heavy atom. The Kier molecular flexibility index (Phi) is 5.24. The van der Waals surface area contributed by atoms with Gasteiger partial charge in [0.05, 0.1) is 0 Å². The molecule has 6 rings (SSSR count). The van der Waals surface area contributed by atoms with E-state index >= 15 is 0 Å². The molecule has 1 aromatic heterocycles. The quantitative estimate of drug-likeness (QED) is 0.303. The lowest BCUT2D eigenvalue weighted by atomic mass is 9.97. The molecule has 166 valence electrons. The molecule has 1 N–H and O–H groups in total. The summed E-state index contributed by atoms with van der Waals surface area (Å²) in [5.41, 5.74) is 5.02. The average Bonchev–Trinajstić information content (AvgIpc) is 2.93. The summed E-state index contributed by atoms with van der Waals surface area (Å²) in [6.07, 6.45) is 0. The first kappa shape index (κ1) is 20.8. The van der Waals surface area contributed by atoms with Gasteiger partial charge < -0.3 is 5.11 Å². The third kappa shape index (κ3) is 4.13. The van der Waals surface area contributed by atoms with Crippen LogP contribution in [0.3, 0.4) is 0 Å². The second-order valence-electron chi connectivity index (χ2n) is 8.33. The van der Waals surface area contributed by atoms with Gasteiger partial charge in [-0.3, -0.25) is 0 Å². The van der Waals surface area contributed by atoms with Crippen molar-refractivity contribution in [3.63, 3.8) is 0 Å². The second kappa shape index (κ2) is 8.84. The molecule has 35 heavy (non-hydrogen) atoms. The van der Waals surface area contributed by atoms with E-state index in [0.29, 0.717) is 17.5 Å². The average molecular weight is 452 g/mol. The highest BCUT2D eigenvalue weighted by atomic mass is 16.3. The molecule has 4 heteroatoms. The number of aromatic nitrogens is 3. The molecule has 0 aliphatic rings. The molecule has 0 radical (unpaired) electrons. The number of phenols is 1. The van der Waals surface area contributed by atoms with Crippen molar-refractivity contribution in [2.24, 2.45) is 0 Å². The zero-order valence-corrected chi connectivity index (χ0v) is 18.8. The van der Waals surface area contributed by atoms with Gasteiger partial charge in [0, 0.05) is 16.7 Å². The first-order valence-corrected chi connectivity index (χ1v) is 11.4. The maximum atomic E-state index is 9.84. The van der Waals surface area contributed by atoms with Crippen LogP contribution in [0.4, 0.5) is 0 Å². The molecule has 0 unspecified atom stereocenters. The van der Waals surface area contributed by atoms with Gasteiger partial charge in [0.25, 0.3) is 0 Å². The molecular weight excluding hydrogens is 430 g/mol. The molecule has 6 aromatic rings. The first-order valence-electron chi connectivity index (χ1n) is 11.4. The van der Waals surface area contributed by atoms with Crippen molar-refractivity contribution >= 4 is 10.8 Å². The summed E-state index contributed by atoms with van der Waals surface area (Å²) in [5, 5.41) is 11.9. The van der Waals surface area contributed by atoms with Gasteiger partial charge in [-0.05, 0) is 34.0 Å². The molecule has 0 saturated carbocycles. The highest BCUT2D eigenvalue weighted by Gasteiger charge is 2.12. The molecule has 0 bridgehead atoms. The third-order valence-electron chi connectivity index (χ3n) is 6.02. The zero-order chi connectivity index (χ0) is 23.6. The first-order chi connectivity index (χ1) is 17.2. The van der Waals surface area contributed by atoms with Crippen LogP contribution in [0.15, 0.2) is 121 Å². The summed E-state index contributed by atoms with van der Waals surface area (Å²) < 4.78 is 0. The summed E-state index contributed by atoms with van der Waals surface area (Å²) >= 11 is 0. The third-order valence-corrected chi connectivity index (χ3v) is 6.02. The maximum Gasteiger partial charge on any atom is 0.164 e. The van der Waals surface area contributed by atoms with E-state index in [2.05, 4.69) is 18.2 Å². The van der Waals surface area contributed by atoms with Crippen molar-refractivity contribution in [1.82, 2.24) is 15.0 Å². The van der Waals surface area contributed by atoms with E-state index in [1.165, 1.54) is 0 Å². The maximum absolute atomic E-state index is 9.84. The Balaban J connectivity index is 1.44. The Bertz CT molecular complexity index is 1570. The van der Waals surface area contributed by atoms with Crippen LogP contribution >= 0.6 is 0 Å². The topological polar surface area (TPSA) is 58.9 Å². The lowest BCUT2D eigenvalue weighted by molar-refractivity contribution is 0.476. The van der Waals surface area contributed by atoms with Crippen LogP contribution < -0.4 is 0 Å². The smallest absolute Gasteiger partial charge is 0.164 e. The fraction of sp³-hybridized carbons (Fsp3) is 0. The van der Waals surface area contributed by atoms with Gasteiger partial charge in [-0.25, -0.2) is 15.0 Å². The normalized spacial score (nSPS) is 11.0. The Morgan fingerprint density at radius 3 is 1.51 bits per heavy atom. The van der Waals surface area contributed by atoms with Gasteiger partial charge in [-0.2, -0.15) is 0 Å². The number of nitrogens with zero attached hydrogens (tertiary/aromatic N) is 3. The van der Waals surface area contributed by atoms with E-state index in [1.54, 1.807) is 12.1 Å². The lowest BCUT2D eigenvalue weighted by Gasteiger charge is -2.10. The number of fused-ring (bicyclic) bond motifs is 1. The molecular formula is C31H21N3O. The van der Waals surface area contributed by atoms with Gasteiger partial charge in [0.1, 0.15) is 5.75 Å². The second-order valence-corrected chi connectivity index (χ2v) is 8.33. The summed E-state index contributed by atoms with van der Waals surface area (Å²) in [6, 6.07) is 39.8. The largest absolute Gasteiger partial charge is 0.508 e. The molecule has 0 aliphatic carbocycles. The van der Waals surface area contributed by atoms with Crippen molar-refractivity contribution < 1.29 is 5.11 Å². The summed E-state index contributed by atoms with van der Waals surface area (Å²) in [4.78, 5) is 14.4. The van der Waals surface area contributed by atoms with Crippen molar-refractivity contribution in [2.45, 2.75) is 0 Å². The van der Waals surface area contributed by atoms with E-state index < -0.39 is 0 Å². The molecule has 0 atom stereocenters.